The van der Waals surface area contributed by atoms with Crippen molar-refractivity contribution in [2.75, 3.05) is 13.2 Å². The zero-order valence-corrected chi connectivity index (χ0v) is 16.2. The highest BCUT2D eigenvalue weighted by molar-refractivity contribution is 6.30. The monoisotopic (exact) mass is 383 g/mol. The minimum atomic E-state index is -0.863. The smallest absolute Gasteiger partial charge is 0.236 e. The molecule has 2 saturated heterocycles. The fourth-order valence-corrected chi connectivity index (χ4v) is 4.38. The highest BCUT2D eigenvalue weighted by atomic mass is 35.5. The SMILES string of the molecule is Cc1cc(C)c(C2C(=O)NC3(CCCOC3)C2=O)cc1-c1ccc(Cl)cc1. The molecule has 0 aliphatic carbocycles. The molecular formula is C22H22ClNO3. The summed E-state index contributed by atoms with van der Waals surface area (Å²) in [6.07, 6.45) is 1.42. The zero-order chi connectivity index (χ0) is 19.2. The molecule has 2 fully saturated rings. The van der Waals surface area contributed by atoms with Crippen LogP contribution in [0.3, 0.4) is 0 Å². The van der Waals surface area contributed by atoms with Gasteiger partial charge in [0, 0.05) is 11.6 Å². The Morgan fingerprint density at radius 1 is 1.11 bits per heavy atom. The average Bonchev–Trinajstić information content (AvgIpc) is 2.87. The van der Waals surface area contributed by atoms with E-state index in [1.807, 2.05) is 50.2 Å². The Hall–Kier alpha value is -2.17. The van der Waals surface area contributed by atoms with Gasteiger partial charge in [-0.3, -0.25) is 9.59 Å². The first-order valence-corrected chi connectivity index (χ1v) is 9.60. The number of nitrogens with one attached hydrogen (secondary N) is 1. The number of aryl methyl sites for hydroxylation is 2. The van der Waals surface area contributed by atoms with Crippen molar-refractivity contribution in [3.63, 3.8) is 0 Å². The highest BCUT2D eigenvalue weighted by Crippen LogP contribution is 2.38. The van der Waals surface area contributed by atoms with E-state index in [1.165, 1.54) is 0 Å². The van der Waals surface area contributed by atoms with Crippen molar-refractivity contribution in [2.24, 2.45) is 0 Å². The zero-order valence-electron chi connectivity index (χ0n) is 15.5. The van der Waals surface area contributed by atoms with E-state index in [2.05, 4.69) is 5.32 Å². The van der Waals surface area contributed by atoms with Crippen molar-refractivity contribution < 1.29 is 14.3 Å². The van der Waals surface area contributed by atoms with Crippen LogP contribution in [0.2, 0.25) is 5.02 Å². The van der Waals surface area contributed by atoms with Crippen LogP contribution in [0.1, 0.15) is 35.4 Å². The summed E-state index contributed by atoms with van der Waals surface area (Å²) < 4.78 is 5.52. The first-order valence-electron chi connectivity index (χ1n) is 9.22. The standard InChI is InChI=1S/C22H22ClNO3/c1-13-10-14(2)18(11-17(13)15-4-6-16(23)7-5-15)19-20(25)22(24-21(19)26)8-3-9-27-12-22/h4-7,10-11,19H,3,8-9,12H2,1-2H3,(H,24,26). The summed E-state index contributed by atoms with van der Waals surface area (Å²) in [7, 11) is 0. The fraction of sp³-hybridized carbons (Fsp3) is 0.364. The molecule has 4 rings (SSSR count). The van der Waals surface area contributed by atoms with Gasteiger partial charge < -0.3 is 10.1 Å². The lowest BCUT2D eigenvalue weighted by Crippen LogP contribution is -2.52. The molecule has 0 saturated carbocycles. The number of Topliss-reactive ketones (excluding diaryl/α,β-unsaturated/α-hetero) is 1. The van der Waals surface area contributed by atoms with Gasteiger partial charge in [-0.25, -0.2) is 0 Å². The molecule has 2 aromatic carbocycles. The van der Waals surface area contributed by atoms with Crippen LogP contribution >= 0.6 is 11.6 Å². The first-order chi connectivity index (χ1) is 12.9. The van der Waals surface area contributed by atoms with E-state index in [-0.39, 0.29) is 18.3 Å². The van der Waals surface area contributed by atoms with Gasteiger partial charge in [0.1, 0.15) is 11.5 Å². The molecule has 0 radical (unpaired) electrons. The average molecular weight is 384 g/mol. The first kappa shape index (κ1) is 18.2. The topological polar surface area (TPSA) is 55.4 Å². The summed E-state index contributed by atoms with van der Waals surface area (Å²) in [5, 5.41) is 3.62. The maximum absolute atomic E-state index is 13.2. The van der Waals surface area contributed by atoms with Gasteiger partial charge in [-0.1, -0.05) is 29.8 Å². The molecule has 2 unspecified atom stereocenters. The molecule has 2 atom stereocenters. The Morgan fingerprint density at radius 3 is 2.52 bits per heavy atom. The number of ether oxygens (including phenoxy) is 1. The molecule has 4 nitrogen and oxygen atoms in total. The van der Waals surface area contributed by atoms with Crippen molar-refractivity contribution in [3.05, 3.63) is 58.1 Å². The molecule has 2 aliphatic rings. The van der Waals surface area contributed by atoms with E-state index in [0.29, 0.717) is 18.1 Å². The van der Waals surface area contributed by atoms with Gasteiger partial charge in [-0.05, 0) is 72.7 Å². The molecule has 27 heavy (non-hydrogen) atoms. The Balaban J connectivity index is 1.77. The third-order valence-electron chi connectivity index (χ3n) is 5.68. The second-order valence-corrected chi connectivity index (χ2v) is 7.99. The number of rotatable bonds is 2. The van der Waals surface area contributed by atoms with Crippen LogP contribution in [-0.2, 0) is 14.3 Å². The molecule has 0 bridgehead atoms. The number of benzene rings is 2. The van der Waals surface area contributed by atoms with Crippen molar-refractivity contribution in [2.45, 2.75) is 38.1 Å². The minimum Gasteiger partial charge on any atom is -0.379 e. The van der Waals surface area contributed by atoms with Crippen molar-refractivity contribution in [1.29, 1.82) is 0 Å². The third-order valence-corrected chi connectivity index (χ3v) is 5.93. The van der Waals surface area contributed by atoms with Crippen LogP contribution in [0.15, 0.2) is 36.4 Å². The van der Waals surface area contributed by atoms with Crippen molar-refractivity contribution in [1.82, 2.24) is 5.32 Å². The van der Waals surface area contributed by atoms with E-state index in [0.717, 1.165) is 34.2 Å². The maximum Gasteiger partial charge on any atom is 0.236 e. The fourth-order valence-electron chi connectivity index (χ4n) is 4.26. The van der Waals surface area contributed by atoms with Gasteiger partial charge in [0.2, 0.25) is 5.91 Å². The maximum atomic E-state index is 13.2. The van der Waals surface area contributed by atoms with Crippen LogP contribution in [0.4, 0.5) is 0 Å². The third kappa shape index (κ3) is 3.07. The summed E-state index contributed by atoms with van der Waals surface area (Å²) in [6.45, 7) is 4.90. The van der Waals surface area contributed by atoms with Crippen LogP contribution in [-0.4, -0.2) is 30.4 Å². The Bertz CT molecular complexity index is 914. The lowest BCUT2D eigenvalue weighted by atomic mass is 9.81. The number of hydrogen-bond donors (Lipinski definition) is 1. The van der Waals surface area contributed by atoms with Crippen molar-refractivity contribution >= 4 is 23.3 Å². The van der Waals surface area contributed by atoms with Crippen LogP contribution in [0.5, 0.6) is 0 Å². The summed E-state index contributed by atoms with van der Waals surface area (Å²) in [4.78, 5) is 26.0. The summed E-state index contributed by atoms with van der Waals surface area (Å²) >= 11 is 6.01. The number of halogens is 1. The number of ketones is 1. The van der Waals surface area contributed by atoms with Gasteiger partial charge >= 0.3 is 0 Å². The summed E-state index contributed by atoms with van der Waals surface area (Å²) in [6, 6.07) is 11.6. The van der Waals surface area contributed by atoms with E-state index in [1.54, 1.807) is 0 Å². The largest absolute Gasteiger partial charge is 0.379 e. The van der Waals surface area contributed by atoms with Gasteiger partial charge in [0.25, 0.3) is 0 Å². The number of hydrogen-bond acceptors (Lipinski definition) is 3. The minimum absolute atomic E-state index is 0.0683. The molecule has 2 aromatic rings. The lowest BCUT2D eigenvalue weighted by Gasteiger charge is -2.31. The Kier molecular flexibility index (Phi) is 4.57. The molecule has 1 amide bonds. The predicted molar refractivity (Wildman–Crippen MR) is 105 cm³/mol. The normalized spacial score (nSPS) is 25.1. The second kappa shape index (κ2) is 6.77. The molecule has 2 heterocycles. The Morgan fingerprint density at radius 2 is 1.85 bits per heavy atom. The lowest BCUT2D eigenvalue weighted by molar-refractivity contribution is -0.128. The van der Waals surface area contributed by atoms with Gasteiger partial charge in [-0.2, -0.15) is 0 Å². The van der Waals surface area contributed by atoms with Gasteiger partial charge in [0.15, 0.2) is 5.78 Å². The van der Waals surface area contributed by atoms with E-state index < -0.39 is 11.5 Å². The van der Waals surface area contributed by atoms with E-state index in [9.17, 15) is 9.59 Å². The predicted octanol–water partition coefficient (Wildman–Crippen LogP) is 3.96. The quantitative estimate of drug-likeness (QED) is 0.799. The molecule has 140 valence electrons. The second-order valence-electron chi connectivity index (χ2n) is 7.56. The van der Waals surface area contributed by atoms with Gasteiger partial charge in [0.05, 0.1) is 6.61 Å². The van der Waals surface area contributed by atoms with Crippen LogP contribution in [0.25, 0.3) is 11.1 Å². The van der Waals surface area contributed by atoms with Crippen LogP contribution < -0.4 is 5.32 Å². The van der Waals surface area contributed by atoms with Crippen molar-refractivity contribution in [3.8, 4) is 11.1 Å². The van der Waals surface area contributed by atoms with Gasteiger partial charge in [-0.15, -0.1) is 0 Å². The molecule has 2 aliphatic heterocycles. The Labute approximate surface area is 163 Å². The number of carbonyl (C=O) groups is 2. The molecule has 1 N–H and O–H groups in total. The van der Waals surface area contributed by atoms with E-state index >= 15 is 0 Å². The molecular weight excluding hydrogens is 362 g/mol. The summed E-state index contributed by atoms with van der Waals surface area (Å²) in [5.74, 6) is -1.07. The number of carbonyl (C=O) groups excluding carboxylic acids is 2. The van der Waals surface area contributed by atoms with E-state index in [4.69, 9.17) is 16.3 Å². The molecule has 5 heteroatoms. The molecule has 0 aromatic heterocycles. The molecule has 1 spiro atoms. The highest BCUT2D eigenvalue weighted by Gasteiger charge is 2.54. The number of amides is 1. The van der Waals surface area contributed by atoms with Crippen LogP contribution in [0, 0.1) is 13.8 Å². The summed E-state index contributed by atoms with van der Waals surface area (Å²) in [5.41, 5.74) is 3.98.